The Morgan fingerprint density at radius 1 is 1.62 bits per heavy atom. The van der Waals surface area contributed by atoms with E-state index in [-0.39, 0.29) is 0 Å². The first kappa shape index (κ1) is 9.87. The van der Waals surface area contributed by atoms with Crippen LogP contribution in [0.4, 0.5) is 4.79 Å². The van der Waals surface area contributed by atoms with Crippen molar-refractivity contribution in [2.75, 3.05) is 19.6 Å². The van der Waals surface area contributed by atoms with Crippen molar-refractivity contribution < 1.29 is 9.90 Å². The smallest absolute Gasteiger partial charge is 0.407 e. The predicted octanol–water partition coefficient (Wildman–Crippen LogP) is 0.352. The lowest BCUT2D eigenvalue weighted by molar-refractivity contribution is 0.129. The normalized spacial score (nSPS) is 18.2. The zero-order chi connectivity index (χ0) is 9.68. The minimum absolute atomic E-state index is 0.381. The van der Waals surface area contributed by atoms with E-state index in [1.54, 1.807) is 0 Å². The molecule has 0 atom stereocenters. The van der Waals surface area contributed by atoms with Gasteiger partial charge in [-0.25, -0.2) is 4.79 Å². The van der Waals surface area contributed by atoms with Crippen LogP contribution in [0.15, 0.2) is 0 Å². The van der Waals surface area contributed by atoms with Crippen LogP contribution in [0.5, 0.6) is 0 Å². The molecule has 13 heavy (non-hydrogen) atoms. The van der Waals surface area contributed by atoms with Gasteiger partial charge in [0.2, 0.25) is 0 Å². The van der Waals surface area contributed by atoms with E-state index in [1.165, 1.54) is 4.90 Å². The average Bonchev–Trinajstić information content (AvgIpc) is 2.15. The molecule has 1 saturated heterocycles. The lowest BCUT2D eigenvalue weighted by Crippen LogP contribution is -2.44. The molecule has 0 radical (unpaired) electrons. The highest BCUT2D eigenvalue weighted by Gasteiger charge is 2.21. The van der Waals surface area contributed by atoms with Gasteiger partial charge in [0.15, 0.2) is 0 Å². The van der Waals surface area contributed by atoms with Gasteiger partial charge < -0.3 is 15.3 Å². The molecule has 1 amide bonds. The van der Waals surface area contributed by atoms with E-state index in [0.717, 1.165) is 12.8 Å². The highest BCUT2D eigenvalue weighted by molar-refractivity contribution is 5.65. The summed E-state index contributed by atoms with van der Waals surface area (Å²) in [4.78, 5) is 12.0. The third-order valence-electron chi connectivity index (χ3n) is 2.26. The van der Waals surface area contributed by atoms with E-state index < -0.39 is 6.09 Å². The van der Waals surface area contributed by atoms with E-state index in [2.05, 4.69) is 11.2 Å². The SMILES string of the molecule is C#CCNC1CCN(C(=O)O)CC1. The first-order valence-electron chi connectivity index (χ1n) is 4.38. The molecule has 1 aliphatic rings. The van der Waals surface area contributed by atoms with Crippen molar-refractivity contribution >= 4 is 6.09 Å². The van der Waals surface area contributed by atoms with Crippen LogP contribution in [0.2, 0.25) is 0 Å². The van der Waals surface area contributed by atoms with Crippen molar-refractivity contribution in [1.82, 2.24) is 10.2 Å². The van der Waals surface area contributed by atoms with Gasteiger partial charge in [-0.2, -0.15) is 0 Å². The van der Waals surface area contributed by atoms with Crippen LogP contribution in [0.25, 0.3) is 0 Å². The molecular formula is C9H14N2O2. The van der Waals surface area contributed by atoms with Crippen LogP contribution < -0.4 is 5.32 Å². The Morgan fingerprint density at radius 2 is 2.23 bits per heavy atom. The van der Waals surface area contributed by atoms with E-state index in [4.69, 9.17) is 11.5 Å². The maximum atomic E-state index is 10.5. The number of piperidine rings is 1. The summed E-state index contributed by atoms with van der Waals surface area (Å²) in [6, 6.07) is 0.381. The van der Waals surface area contributed by atoms with E-state index in [9.17, 15) is 4.79 Å². The zero-order valence-corrected chi connectivity index (χ0v) is 7.49. The lowest BCUT2D eigenvalue weighted by atomic mass is 10.1. The Hall–Kier alpha value is -1.21. The van der Waals surface area contributed by atoms with Gasteiger partial charge in [0.05, 0.1) is 6.54 Å². The first-order chi connectivity index (χ1) is 6.24. The van der Waals surface area contributed by atoms with E-state index >= 15 is 0 Å². The maximum absolute atomic E-state index is 10.5. The summed E-state index contributed by atoms with van der Waals surface area (Å²) < 4.78 is 0. The summed E-state index contributed by atoms with van der Waals surface area (Å²) in [7, 11) is 0. The molecule has 0 bridgehead atoms. The molecule has 4 heteroatoms. The molecule has 4 nitrogen and oxygen atoms in total. The summed E-state index contributed by atoms with van der Waals surface area (Å²) in [5.74, 6) is 2.51. The van der Waals surface area contributed by atoms with Gasteiger partial charge >= 0.3 is 6.09 Å². The quantitative estimate of drug-likeness (QED) is 0.606. The molecule has 0 spiro atoms. The number of nitrogens with one attached hydrogen (secondary N) is 1. The summed E-state index contributed by atoms with van der Waals surface area (Å²) in [5, 5.41) is 11.8. The number of terminal acetylenes is 1. The number of carbonyl (C=O) groups is 1. The second kappa shape index (κ2) is 4.73. The molecule has 0 aromatic rings. The number of nitrogens with zero attached hydrogens (tertiary/aromatic N) is 1. The maximum Gasteiger partial charge on any atom is 0.407 e. The fourth-order valence-electron chi connectivity index (χ4n) is 1.48. The van der Waals surface area contributed by atoms with Crippen LogP contribution in [0, 0.1) is 12.3 Å². The fraction of sp³-hybridized carbons (Fsp3) is 0.667. The number of hydrogen-bond acceptors (Lipinski definition) is 2. The van der Waals surface area contributed by atoms with Crippen molar-refractivity contribution in [2.45, 2.75) is 18.9 Å². The molecule has 1 fully saturated rings. The molecule has 0 saturated carbocycles. The fourth-order valence-corrected chi connectivity index (χ4v) is 1.48. The third-order valence-corrected chi connectivity index (χ3v) is 2.26. The van der Waals surface area contributed by atoms with Gasteiger partial charge in [-0.05, 0) is 12.8 Å². The van der Waals surface area contributed by atoms with Crippen LogP contribution in [-0.4, -0.2) is 41.8 Å². The minimum Gasteiger partial charge on any atom is -0.465 e. The summed E-state index contributed by atoms with van der Waals surface area (Å²) >= 11 is 0. The van der Waals surface area contributed by atoms with Gasteiger partial charge in [-0.3, -0.25) is 0 Å². The molecule has 72 valence electrons. The minimum atomic E-state index is -0.824. The predicted molar refractivity (Wildman–Crippen MR) is 49.5 cm³/mol. The molecule has 2 N–H and O–H groups in total. The summed E-state index contributed by atoms with van der Waals surface area (Å²) in [6.45, 7) is 1.78. The number of carboxylic acid groups (broad SMARTS) is 1. The molecule has 1 rings (SSSR count). The number of rotatable bonds is 2. The zero-order valence-electron chi connectivity index (χ0n) is 7.49. The standard InChI is InChI=1S/C9H14N2O2/c1-2-5-10-8-3-6-11(7-4-8)9(12)13/h1,8,10H,3-7H2,(H,12,13). The van der Waals surface area contributed by atoms with Gasteiger partial charge in [-0.15, -0.1) is 6.42 Å². The Labute approximate surface area is 77.9 Å². The highest BCUT2D eigenvalue weighted by atomic mass is 16.4. The number of amides is 1. The van der Waals surface area contributed by atoms with Crippen LogP contribution in [-0.2, 0) is 0 Å². The van der Waals surface area contributed by atoms with Crippen molar-refractivity contribution in [1.29, 1.82) is 0 Å². The van der Waals surface area contributed by atoms with Gasteiger partial charge in [0.1, 0.15) is 0 Å². The highest BCUT2D eigenvalue weighted by Crippen LogP contribution is 2.09. The topological polar surface area (TPSA) is 52.6 Å². The van der Waals surface area contributed by atoms with E-state index in [0.29, 0.717) is 25.7 Å². The lowest BCUT2D eigenvalue weighted by Gasteiger charge is -2.30. The molecule has 0 aromatic heterocycles. The monoisotopic (exact) mass is 182 g/mol. The van der Waals surface area contributed by atoms with Crippen molar-refractivity contribution in [3.05, 3.63) is 0 Å². The van der Waals surface area contributed by atoms with Gasteiger partial charge in [0.25, 0.3) is 0 Å². The van der Waals surface area contributed by atoms with Crippen molar-refractivity contribution in [3.8, 4) is 12.3 Å². The third kappa shape index (κ3) is 2.96. The summed E-state index contributed by atoms with van der Waals surface area (Å²) in [6.07, 6.45) is 5.99. The number of hydrogen-bond donors (Lipinski definition) is 2. The number of likely N-dealkylation sites (tertiary alicyclic amines) is 1. The van der Waals surface area contributed by atoms with Crippen molar-refractivity contribution in [3.63, 3.8) is 0 Å². The molecule has 1 aliphatic heterocycles. The van der Waals surface area contributed by atoms with Crippen LogP contribution >= 0.6 is 0 Å². The van der Waals surface area contributed by atoms with Gasteiger partial charge in [-0.1, -0.05) is 5.92 Å². The van der Waals surface area contributed by atoms with Crippen LogP contribution in [0.3, 0.4) is 0 Å². The summed E-state index contributed by atoms with van der Waals surface area (Å²) in [5.41, 5.74) is 0. The first-order valence-corrected chi connectivity index (χ1v) is 4.38. The largest absolute Gasteiger partial charge is 0.465 e. The second-order valence-corrected chi connectivity index (χ2v) is 3.13. The Balaban J connectivity index is 2.23. The van der Waals surface area contributed by atoms with E-state index in [1.807, 2.05) is 0 Å². The Kier molecular flexibility index (Phi) is 3.59. The average molecular weight is 182 g/mol. The molecule has 0 unspecified atom stereocenters. The second-order valence-electron chi connectivity index (χ2n) is 3.13. The van der Waals surface area contributed by atoms with Gasteiger partial charge in [0, 0.05) is 19.1 Å². The molecule has 0 aliphatic carbocycles. The van der Waals surface area contributed by atoms with Crippen LogP contribution in [0.1, 0.15) is 12.8 Å². The molecule has 0 aromatic carbocycles. The molecular weight excluding hydrogens is 168 g/mol. The van der Waals surface area contributed by atoms with Crippen molar-refractivity contribution in [2.24, 2.45) is 0 Å². The Morgan fingerprint density at radius 3 is 2.69 bits per heavy atom. The molecule has 1 heterocycles. The Bertz CT molecular complexity index is 214.